The van der Waals surface area contributed by atoms with Crippen LogP contribution in [0.5, 0.6) is 0 Å². The van der Waals surface area contributed by atoms with Gasteiger partial charge in [0.1, 0.15) is 12.1 Å². The van der Waals surface area contributed by atoms with Crippen LogP contribution in [0.3, 0.4) is 0 Å². The number of ketones is 1. The number of carbonyl (C=O) groups is 2. The van der Waals surface area contributed by atoms with E-state index in [0.717, 1.165) is 22.2 Å². The van der Waals surface area contributed by atoms with Crippen molar-refractivity contribution >= 4 is 28.0 Å². The molecule has 0 bridgehead atoms. The topological polar surface area (TPSA) is 34.1 Å². The molecule has 0 amide bonds. The lowest BCUT2D eigenvalue weighted by Crippen LogP contribution is -2.19. The number of rotatable bonds is 6. The monoisotopic (exact) mass is 412 g/mol. The van der Waals surface area contributed by atoms with Gasteiger partial charge in [-0.25, -0.2) is 0 Å². The van der Waals surface area contributed by atoms with Gasteiger partial charge in [0.2, 0.25) is 0 Å². The van der Waals surface area contributed by atoms with Crippen LogP contribution < -0.4 is 0 Å². The SMILES string of the molecule is CC(C(=O)C(CC=O)c1ccc(C(F)(F)F)cc1)c1cccc(Br)c1. The van der Waals surface area contributed by atoms with Crippen LogP contribution in [-0.2, 0) is 15.8 Å². The molecule has 2 aromatic carbocycles. The molecule has 0 fully saturated rings. The predicted molar refractivity (Wildman–Crippen MR) is 92.4 cm³/mol. The number of alkyl halides is 3. The van der Waals surface area contributed by atoms with Crippen LogP contribution in [0.25, 0.3) is 0 Å². The molecule has 0 heterocycles. The lowest BCUT2D eigenvalue weighted by Gasteiger charge is -2.20. The van der Waals surface area contributed by atoms with E-state index in [-0.39, 0.29) is 12.2 Å². The van der Waals surface area contributed by atoms with Crippen molar-refractivity contribution in [2.75, 3.05) is 0 Å². The van der Waals surface area contributed by atoms with Crippen LogP contribution in [0, 0.1) is 0 Å². The van der Waals surface area contributed by atoms with Gasteiger partial charge in [0, 0.05) is 22.7 Å². The van der Waals surface area contributed by atoms with E-state index in [1.807, 2.05) is 12.1 Å². The highest BCUT2D eigenvalue weighted by atomic mass is 79.9. The van der Waals surface area contributed by atoms with Crippen molar-refractivity contribution in [1.29, 1.82) is 0 Å². The van der Waals surface area contributed by atoms with Crippen molar-refractivity contribution in [1.82, 2.24) is 0 Å². The van der Waals surface area contributed by atoms with E-state index >= 15 is 0 Å². The number of benzene rings is 2. The van der Waals surface area contributed by atoms with E-state index in [9.17, 15) is 22.8 Å². The minimum absolute atomic E-state index is 0.0669. The minimum atomic E-state index is -4.44. The van der Waals surface area contributed by atoms with E-state index in [2.05, 4.69) is 15.9 Å². The smallest absolute Gasteiger partial charge is 0.303 e. The Hall–Kier alpha value is -1.95. The molecule has 0 aromatic heterocycles. The van der Waals surface area contributed by atoms with Crippen molar-refractivity contribution in [3.63, 3.8) is 0 Å². The first-order valence-corrected chi connectivity index (χ1v) is 8.43. The van der Waals surface area contributed by atoms with Crippen molar-refractivity contribution in [3.05, 3.63) is 69.7 Å². The lowest BCUT2D eigenvalue weighted by molar-refractivity contribution is -0.137. The van der Waals surface area contributed by atoms with Gasteiger partial charge in [-0.1, -0.05) is 47.1 Å². The van der Waals surface area contributed by atoms with Gasteiger partial charge in [-0.15, -0.1) is 0 Å². The Kier molecular flexibility index (Phi) is 6.16. The van der Waals surface area contributed by atoms with E-state index in [1.54, 1.807) is 19.1 Å². The molecule has 0 saturated heterocycles. The molecule has 132 valence electrons. The van der Waals surface area contributed by atoms with Crippen molar-refractivity contribution in [3.8, 4) is 0 Å². The zero-order chi connectivity index (χ0) is 18.6. The molecular weight excluding hydrogens is 397 g/mol. The second-order valence-electron chi connectivity index (χ2n) is 5.75. The van der Waals surface area contributed by atoms with Gasteiger partial charge in [0.25, 0.3) is 0 Å². The summed E-state index contributed by atoms with van der Waals surface area (Å²) < 4.78 is 38.9. The maximum atomic E-state index is 12.8. The number of hydrogen-bond acceptors (Lipinski definition) is 2. The van der Waals surface area contributed by atoms with Crippen molar-refractivity contribution < 1.29 is 22.8 Å². The zero-order valence-corrected chi connectivity index (χ0v) is 15.0. The lowest BCUT2D eigenvalue weighted by atomic mass is 9.83. The number of hydrogen-bond donors (Lipinski definition) is 0. The van der Waals surface area contributed by atoms with Gasteiger partial charge in [-0.2, -0.15) is 13.2 Å². The fourth-order valence-corrected chi connectivity index (χ4v) is 3.08. The molecule has 0 N–H and O–H groups in total. The fraction of sp³-hybridized carbons (Fsp3) is 0.263. The number of halogens is 4. The molecule has 25 heavy (non-hydrogen) atoms. The summed E-state index contributed by atoms with van der Waals surface area (Å²) in [6, 6.07) is 11.7. The first-order valence-electron chi connectivity index (χ1n) is 7.64. The summed E-state index contributed by atoms with van der Waals surface area (Å²) in [6.07, 6.45) is -3.89. The highest BCUT2D eigenvalue weighted by Crippen LogP contribution is 2.33. The van der Waals surface area contributed by atoms with E-state index in [4.69, 9.17) is 0 Å². The third kappa shape index (κ3) is 4.78. The van der Waals surface area contributed by atoms with Gasteiger partial charge in [-0.05, 0) is 35.4 Å². The summed E-state index contributed by atoms with van der Waals surface area (Å²) >= 11 is 3.34. The number of Topliss-reactive ketones (excluding diaryl/α,β-unsaturated/α-hetero) is 1. The van der Waals surface area contributed by atoms with E-state index in [0.29, 0.717) is 11.8 Å². The predicted octanol–water partition coefficient (Wildman–Crippen LogP) is 5.51. The molecule has 0 aliphatic rings. The zero-order valence-electron chi connectivity index (χ0n) is 13.4. The summed E-state index contributed by atoms with van der Waals surface area (Å²) in [4.78, 5) is 23.8. The molecule has 2 aromatic rings. The van der Waals surface area contributed by atoms with Crippen LogP contribution in [0.4, 0.5) is 13.2 Å². The second-order valence-corrected chi connectivity index (χ2v) is 6.67. The van der Waals surface area contributed by atoms with Gasteiger partial charge in [0.15, 0.2) is 0 Å². The maximum Gasteiger partial charge on any atom is 0.416 e. The Bertz CT molecular complexity index is 754. The summed E-state index contributed by atoms with van der Waals surface area (Å²) in [6.45, 7) is 1.73. The standard InChI is InChI=1S/C19H16BrF3O2/c1-12(14-3-2-4-16(20)11-14)18(25)17(9-10-24)13-5-7-15(8-6-13)19(21,22)23/h2-8,10-12,17H,9H2,1H3. The normalized spacial score (nSPS) is 14.0. The molecule has 0 saturated carbocycles. The second kappa shape index (κ2) is 7.95. The van der Waals surface area contributed by atoms with Crippen molar-refractivity contribution in [2.24, 2.45) is 0 Å². The number of carbonyl (C=O) groups excluding carboxylic acids is 2. The molecule has 0 aliphatic heterocycles. The Labute approximate surface area is 152 Å². The largest absolute Gasteiger partial charge is 0.416 e. The van der Waals surface area contributed by atoms with Crippen LogP contribution in [0.2, 0.25) is 0 Å². The third-order valence-corrected chi connectivity index (χ3v) is 4.58. The van der Waals surface area contributed by atoms with Gasteiger partial charge < -0.3 is 4.79 Å². The van der Waals surface area contributed by atoms with Crippen LogP contribution in [0.15, 0.2) is 53.0 Å². The average Bonchev–Trinajstić information content (AvgIpc) is 2.58. The quantitative estimate of drug-likeness (QED) is 0.585. The van der Waals surface area contributed by atoms with E-state index in [1.165, 1.54) is 12.1 Å². The molecule has 0 radical (unpaired) electrons. The van der Waals surface area contributed by atoms with Crippen LogP contribution >= 0.6 is 15.9 Å². The molecule has 6 heteroatoms. The summed E-state index contributed by atoms with van der Waals surface area (Å²) in [5, 5.41) is 0. The van der Waals surface area contributed by atoms with Gasteiger partial charge in [0.05, 0.1) is 5.56 Å². The fourth-order valence-electron chi connectivity index (χ4n) is 2.66. The van der Waals surface area contributed by atoms with Crippen LogP contribution in [-0.4, -0.2) is 12.1 Å². The molecule has 2 unspecified atom stereocenters. The summed E-state index contributed by atoms with van der Waals surface area (Å²) in [5.41, 5.74) is 0.405. The maximum absolute atomic E-state index is 12.8. The Morgan fingerprint density at radius 3 is 2.28 bits per heavy atom. The Morgan fingerprint density at radius 2 is 1.76 bits per heavy atom. The van der Waals surface area contributed by atoms with Crippen LogP contribution in [0.1, 0.15) is 41.9 Å². The first kappa shape index (κ1) is 19.4. The van der Waals surface area contributed by atoms with Crippen molar-refractivity contribution in [2.45, 2.75) is 31.4 Å². The molecule has 0 aliphatic carbocycles. The highest BCUT2D eigenvalue weighted by molar-refractivity contribution is 9.10. The van der Waals surface area contributed by atoms with E-state index < -0.39 is 23.6 Å². The first-order chi connectivity index (χ1) is 11.7. The average molecular weight is 413 g/mol. The van der Waals surface area contributed by atoms with Gasteiger partial charge >= 0.3 is 6.18 Å². The summed E-state index contributed by atoms with van der Waals surface area (Å²) in [7, 11) is 0. The Balaban J connectivity index is 2.30. The summed E-state index contributed by atoms with van der Waals surface area (Å²) in [5.74, 6) is -1.46. The molecule has 0 spiro atoms. The highest BCUT2D eigenvalue weighted by Gasteiger charge is 2.31. The third-order valence-electron chi connectivity index (χ3n) is 4.09. The Morgan fingerprint density at radius 1 is 1.12 bits per heavy atom. The minimum Gasteiger partial charge on any atom is -0.303 e. The van der Waals surface area contributed by atoms with Gasteiger partial charge in [-0.3, -0.25) is 4.79 Å². The molecular formula is C19H16BrF3O2. The molecule has 2 nitrogen and oxygen atoms in total. The number of aldehydes is 1. The molecule has 2 rings (SSSR count). The molecule has 2 atom stereocenters.